The summed E-state index contributed by atoms with van der Waals surface area (Å²) in [6, 6.07) is 7.15. The highest BCUT2D eigenvalue weighted by molar-refractivity contribution is 7.85. The van der Waals surface area contributed by atoms with Crippen molar-refractivity contribution in [2.24, 2.45) is 0 Å². The van der Waals surface area contributed by atoms with Crippen LogP contribution in [0.25, 0.3) is 0 Å². The molecule has 0 radical (unpaired) electrons. The second-order valence-electron chi connectivity index (χ2n) is 10.9. The highest BCUT2D eigenvalue weighted by Crippen LogP contribution is 2.41. The molecule has 0 unspecified atom stereocenters. The lowest BCUT2D eigenvalue weighted by Gasteiger charge is -2.29. The number of rotatable bonds is 8. The predicted molar refractivity (Wildman–Crippen MR) is 136 cm³/mol. The molecule has 0 amide bonds. The summed E-state index contributed by atoms with van der Waals surface area (Å²) in [5.74, 6) is 0.462. The van der Waals surface area contributed by atoms with E-state index < -0.39 is 10.8 Å². The molecule has 32 heavy (non-hydrogen) atoms. The minimum absolute atomic E-state index is 0.231. The average molecular weight is 459 g/mol. The van der Waals surface area contributed by atoms with Gasteiger partial charge >= 0.3 is 0 Å². The third-order valence-corrected chi connectivity index (χ3v) is 7.59. The third kappa shape index (κ3) is 6.15. The van der Waals surface area contributed by atoms with E-state index in [1.54, 1.807) is 24.3 Å². The topological polar surface area (TPSA) is 57.5 Å². The van der Waals surface area contributed by atoms with Gasteiger partial charge < -0.3 is 10.2 Å². The first kappa shape index (κ1) is 26.4. The van der Waals surface area contributed by atoms with E-state index in [1.807, 2.05) is 0 Å². The Hall–Kier alpha value is -1.81. The molecule has 0 spiro atoms. The average Bonchev–Trinajstić information content (AvgIpc) is 2.67. The lowest BCUT2D eigenvalue weighted by atomic mass is 9.85. The Kier molecular flexibility index (Phi) is 8.61. The van der Waals surface area contributed by atoms with E-state index >= 15 is 0 Å². The van der Waals surface area contributed by atoms with Crippen molar-refractivity contribution in [1.82, 2.24) is 0 Å². The van der Waals surface area contributed by atoms with Crippen LogP contribution in [-0.4, -0.2) is 14.4 Å². The Morgan fingerprint density at radius 1 is 0.688 bits per heavy atom. The van der Waals surface area contributed by atoms with Crippen molar-refractivity contribution in [3.63, 3.8) is 0 Å². The summed E-state index contributed by atoms with van der Waals surface area (Å²) < 4.78 is 14.5. The maximum absolute atomic E-state index is 14.5. The SMILES string of the molecule is CCCCc1cc(O)cc(C(C)(C)C)c1S(=O)c1c(CCCC)cc(O)cc1C(C)(C)C. The first-order valence-electron chi connectivity index (χ1n) is 12.0. The summed E-state index contributed by atoms with van der Waals surface area (Å²) in [7, 11) is -1.43. The second kappa shape index (κ2) is 10.4. The van der Waals surface area contributed by atoms with Crippen LogP contribution >= 0.6 is 0 Å². The lowest BCUT2D eigenvalue weighted by molar-refractivity contribution is 0.467. The molecule has 4 heteroatoms. The van der Waals surface area contributed by atoms with Crippen LogP contribution in [0.4, 0.5) is 0 Å². The van der Waals surface area contributed by atoms with Crippen molar-refractivity contribution in [2.75, 3.05) is 0 Å². The van der Waals surface area contributed by atoms with E-state index in [9.17, 15) is 14.4 Å². The summed E-state index contributed by atoms with van der Waals surface area (Å²) in [5, 5.41) is 21.0. The molecule has 2 N–H and O–H groups in total. The van der Waals surface area contributed by atoms with E-state index in [2.05, 4.69) is 55.4 Å². The first-order valence-corrected chi connectivity index (χ1v) is 13.1. The minimum atomic E-state index is -1.43. The molecule has 178 valence electrons. The van der Waals surface area contributed by atoms with Gasteiger partial charge in [-0.3, -0.25) is 0 Å². The molecule has 2 aromatic carbocycles. The number of phenolic OH excluding ortho intramolecular Hbond substituents is 2. The van der Waals surface area contributed by atoms with Gasteiger partial charge in [0.1, 0.15) is 11.5 Å². The van der Waals surface area contributed by atoms with Crippen molar-refractivity contribution in [1.29, 1.82) is 0 Å². The fourth-order valence-corrected chi connectivity index (χ4v) is 6.24. The van der Waals surface area contributed by atoms with E-state index in [0.717, 1.165) is 70.6 Å². The number of benzene rings is 2. The summed E-state index contributed by atoms with van der Waals surface area (Å²) in [6.07, 6.45) is 5.56. The number of aromatic hydroxyl groups is 2. The smallest absolute Gasteiger partial charge is 0.116 e. The summed E-state index contributed by atoms with van der Waals surface area (Å²) in [4.78, 5) is 1.66. The van der Waals surface area contributed by atoms with Crippen LogP contribution in [0.5, 0.6) is 11.5 Å². The normalized spacial score (nSPS) is 12.5. The Morgan fingerprint density at radius 3 is 1.31 bits per heavy atom. The Labute approximate surface area is 197 Å². The molecule has 0 heterocycles. The quantitative estimate of drug-likeness (QED) is 0.429. The molecule has 0 fully saturated rings. The maximum Gasteiger partial charge on any atom is 0.116 e. The van der Waals surface area contributed by atoms with Crippen molar-refractivity contribution < 1.29 is 14.4 Å². The molecular formula is C28H42O3S. The van der Waals surface area contributed by atoms with Crippen LogP contribution < -0.4 is 0 Å². The van der Waals surface area contributed by atoms with Crippen molar-refractivity contribution in [2.45, 2.75) is 115 Å². The molecule has 0 aliphatic carbocycles. The number of hydrogen-bond acceptors (Lipinski definition) is 3. The van der Waals surface area contributed by atoms with Gasteiger partial charge in [-0.1, -0.05) is 68.2 Å². The minimum Gasteiger partial charge on any atom is -0.508 e. The van der Waals surface area contributed by atoms with E-state index in [-0.39, 0.29) is 22.3 Å². The molecule has 2 rings (SSSR count). The molecule has 2 aromatic rings. The highest BCUT2D eigenvalue weighted by Gasteiger charge is 2.31. The number of aryl methyl sites for hydroxylation is 2. The van der Waals surface area contributed by atoms with Crippen LogP contribution in [0.1, 0.15) is 103 Å². The molecule has 0 bridgehead atoms. The summed E-state index contributed by atoms with van der Waals surface area (Å²) in [5.41, 5.74) is 3.24. The van der Waals surface area contributed by atoms with Gasteiger partial charge in [0.15, 0.2) is 0 Å². The van der Waals surface area contributed by atoms with E-state index in [4.69, 9.17) is 0 Å². The highest BCUT2D eigenvalue weighted by atomic mass is 32.2. The van der Waals surface area contributed by atoms with Crippen LogP contribution in [0, 0.1) is 0 Å². The maximum atomic E-state index is 14.5. The first-order chi connectivity index (χ1) is 14.8. The fourth-order valence-electron chi connectivity index (χ4n) is 4.10. The largest absolute Gasteiger partial charge is 0.508 e. The zero-order chi connectivity index (χ0) is 24.3. The van der Waals surface area contributed by atoms with Gasteiger partial charge in [0, 0.05) is 0 Å². The molecule has 0 atom stereocenters. The summed E-state index contributed by atoms with van der Waals surface area (Å²) in [6.45, 7) is 16.9. The van der Waals surface area contributed by atoms with E-state index in [1.165, 1.54) is 0 Å². The van der Waals surface area contributed by atoms with Crippen molar-refractivity contribution in [3.8, 4) is 11.5 Å². The van der Waals surface area contributed by atoms with Gasteiger partial charge in [-0.15, -0.1) is 0 Å². The van der Waals surface area contributed by atoms with Crippen LogP contribution in [0.15, 0.2) is 34.1 Å². The zero-order valence-electron chi connectivity index (χ0n) is 21.3. The third-order valence-electron chi connectivity index (χ3n) is 5.89. The Balaban J connectivity index is 2.89. The number of unbranched alkanes of at least 4 members (excludes halogenated alkanes) is 2. The lowest BCUT2D eigenvalue weighted by Crippen LogP contribution is -2.20. The summed E-state index contributed by atoms with van der Waals surface area (Å²) >= 11 is 0. The van der Waals surface area contributed by atoms with E-state index in [0.29, 0.717) is 0 Å². The zero-order valence-corrected chi connectivity index (χ0v) is 22.1. The van der Waals surface area contributed by atoms with Gasteiger partial charge in [-0.2, -0.15) is 0 Å². The van der Waals surface area contributed by atoms with Gasteiger partial charge in [-0.05, 0) is 83.0 Å². The molecular weight excluding hydrogens is 416 g/mol. The Bertz CT molecular complexity index is 885. The van der Waals surface area contributed by atoms with Gasteiger partial charge in [0.05, 0.1) is 20.6 Å². The van der Waals surface area contributed by atoms with Gasteiger partial charge in [-0.25, -0.2) is 4.21 Å². The predicted octanol–water partition coefficient (Wildman–Crippen LogP) is 7.54. The fraction of sp³-hybridized carbons (Fsp3) is 0.571. The standard InChI is InChI=1S/C28H42O3S/c1-9-11-13-19-15-21(29)17-23(27(3,4)5)25(19)32(31)26-20(14-12-10-2)16-22(30)18-24(26)28(6,7)8/h15-18,29-30H,9-14H2,1-8H3. The van der Waals surface area contributed by atoms with Crippen LogP contribution in [0.3, 0.4) is 0 Å². The second-order valence-corrected chi connectivity index (χ2v) is 12.3. The van der Waals surface area contributed by atoms with Crippen LogP contribution in [-0.2, 0) is 34.5 Å². The molecule has 0 saturated heterocycles. The molecule has 0 saturated carbocycles. The molecule has 0 aliphatic heterocycles. The van der Waals surface area contributed by atoms with Crippen LogP contribution in [0.2, 0.25) is 0 Å². The molecule has 0 aromatic heterocycles. The molecule has 0 aliphatic rings. The molecule has 3 nitrogen and oxygen atoms in total. The Morgan fingerprint density at radius 2 is 1.03 bits per heavy atom. The van der Waals surface area contributed by atoms with Crippen molar-refractivity contribution in [3.05, 3.63) is 46.5 Å². The van der Waals surface area contributed by atoms with Gasteiger partial charge in [0.2, 0.25) is 0 Å². The van der Waals surface area contributed by atoms with Gasteiger partial charge in [0.25, 0.3) is 0 Å². The number of phenols is 2. The number of hydrogen-bond donors (Lipinski definition) is 2. The monoisotopic (exact) mass is 458 g/mol. The van der Waals surface area contributed by atoms with Crippen molar-refractivity contribution >= 4 is 10.8 Å².